The van der Waals surface area contributed by atoms with E-state index in [1.807, 2.05) is 26.0 Å². The monoisotopic (exact) mass is 290 g/mol. The molecule has 0 aromatic heterocycles. The number of aryl methyl sites for hydroxylation is 2. The van der Waals surface area contributed by atoms with E-state index in [4.69, 9.17) is 0 Å². The van der Waals surface area contributed by atoms with Crippen LogP contribution in [0.1, 0.15) is 16.7 Å². The van der Waals surface area contributed by atoms with E-state index in [-0.39, 0.29) is 12.1 Å². The average molecular weight is 290 g/mol. The number of amides is 2. The van der Waals surface area contributed by atoms with Crippen molar-refractivity contribution in [2.75, 3.05) is 5.32 Å². The van der Waals surface area contributed by atoms with Crippen molar-refractivity contribution in [2.45, 2.75) is 20.4 Å². The van der Waals surface area contributed by atoms with Crippen molar-refractivity contribution in [3.63, 3.8) is 0 Å². The van der Waals surface area contributed by atoms with E-state index >= 15 is 0 Å². The summed E-state index contributed by atoms with van der Waals surface area (Å²) >= 11 is 0. The Balaban J connectivity index is 1.97. The molecule has 0 radical (unpaired) electrons. The second-order valence-corrected chi connectivity index (χ2v) is 4.86. The average Bonchev–Trinajstić information content (AvgIpc) is 2.43. The number of benzene rings is 2. The molecule has 2 N–H and O–H groups in total. The smallest absolute Gasteiger partial charge is 0.319 e. The van der Waals surface area contributed by atoms with E-state index in [0.29, 0.717) is 5.69 Å². The van der Waals surface area contributed by atoms with Gasteiger partial charge in [0.1, 0.15) is 11.6 Å². The van der Waals surface area contributed by atoms with Crippen molar-refractivity contribution in [3.05, 3.63) is 64.7 Å². The van der Waals surface area contributed by atoms with Gasteiger partial charge in [0.2, 0.25) is 0 Å². The number of hydrogen-bond acceptors (Lipinski definition) is 1. The number of carbonyl (C=O) groups is 1. The first-order valence-corrected chi connectivity index (χ1v) is 6.52. The van der Waals surface area contributed by atoms with Crippen LogP contribution in [-0.4, -0.2) is 6.03 Å². The second kappa shape index (κ2) is 6.35. The topological polar surface area (TPSA) is 41.1 Å². The van der Waals surface area contributed by atoms with Crippen molar-refractivity contribution < 1.29 is 13.6 Å². The fourth-order valence-corrected chi connectivity index (χ4v) is 1.97. The molecular weight excluding hydrogens is 274 g/mol. The van der Waals surface area contributed by atoms with Crippen LogP contribution in [0.2, 0.25) is 0 Å². The molecule has 5 heteroatoms. The molecule has 2 amide bonds. The summed E-state index contributed by atoms with van der Waals surface area (Å²) in [6.07, 6.45) is 0. The SMILES string of the molecule is Cc1ccc(NC(=O)NCc2cc(F)ccc2F)c(C)c1. The highest BCUT2D eigenvalue weighted by Gasteiger charge is 2.07. The second-order valence-electron chi connectivity index (χ2n) is 4.86. The van der Waals surface area contributed by atoms with E-state index in [0.717, 1.165) is 29.3 Å². The summed E-state index contributed by atoms with van der Waals surface area (Å²) in [4.78, 5) is 11.8. The van der Waals surface area contributed by atoms with Gasteiger partial charge in [-0.1, -0.05) is 17.7 Å². The van der Waals surface area contributed by atoms with Crippen molar-refractivity contribution in [2.24, 2.45) is 0 Å². The summed E-state index contributed by atoms with van der Waals surface area (Å²) in [5.74, 6) is -1.09. The Hall–Kier alpha value is -2.43. The van der Waals surface area contributed by atoms with Gasteiger partial charge in [0, 0.05) is 17.8 Å². The Labute approximate surface area is 122 Å². The van der Waals surface area contributed by atoms with Crippen LogP contribution in [0.15, 0.2) is 36.4 Å². The first kappa shape index (κ1) is 15.0. The van der Waals surface area contributed by atoms with E-state index in [9.17, 15) is 13.6 Å². The minimum Gasteiger partial charge on any atom is -0.334 e. The van der Waals surface area contributed by atoms with Crippen LogP contribution in [0.5, 0.6) is 0 Å². The Morgan fingerprint density at radius 3 is 2.57 bits per heavy atom. The van der Waals surface area contributed by atoms with E-state index in [1.54, 1.807) is 6.07 Å². The van der Waals surface area contributed by atoms with Crippen LogP contribution < -0.4 is 10.6 Å². The van der Waals surface area contributed by atoms with Gasteiger partial charge in [0.15, 0.2) is 0 Å². The van der Waals surface area contributed by atoms with Crippen LogP contribution in [0.4, 0.5) is 19.3 Å². The number of hydrogen-bond donors (Lipinski definition) is 2. The summed E-state index contributed by atoms with van der Waals surface area (Å²) in [6.45, 7) is 3.76. The Morgan fingerprint density at radius 1 is 1.10 bits per heavy atom. The largest absolute Gasteiger partial charge is 0.334 e. The molecule has 2 rings (SSSR count). The highest BCUT2D eigenvalue weighted by atomic mass is 19.1. The zero-order chi connectivity index (χ0) is 15.4. The van der Waals surface area contributed by atoms with Gasteiger partial charge in [-0.15, -0.1) is 0 Å². The predicted octanol–water partition coefficient (Wildman–Crippen LogP) is 3.90. The molecule has 0 spiro atoms. The summed E-state index contributed by atoms with van der Waals surface area (Å²) in [6, 6.07) is 8.30. The minimum atomic E-state index is -0.553. The third-order valence-electron chi connectivity index (χ3n) is 3.08. The fraction of sp³-hybridized carbons (Fsp3) is 0.188. The van der Waals surface area contributed by atoms with Crippen molar-refractivity contribution in [3.8, 4) is 0 Å². The lowest BCUT2D eigenvalue weighted by atomic mass is 10.1. The number of carbonyl (C=O) groups excluding carboxylic acids is 1. The molecule has 0 aliphatic heterocycles. The van der Waals surface area contributed by atoms with Gasteiger partial charge >= 0.3 is 6.03 Å². The Morgan fingerprint density at radius 2 is 1.86 bits per heavy atom. The van der Waals surface area contributed by atoms with Gasteiger partial charge in [-0.05, 0) is 43.7 Å². The van der Waals surface area contributed by atoms with E-state index < -0.39 is 17.7 Å². The van der Waals surface area contributed by atoms with Crippen LogP contribution >= 0.6 is 0 Å². The first-order chi connectivity index (χ1) is 9.95. The molecule has 0 atom stereocenters. The maximum Gasteiger partial charge on any atom is 0.319 e. The number of urea groups is 1. The zero-order valence-corrected chi connectivity index (χ0v) is 11.8. The lowest BCUT2D eigenvalue weighted by Gasteiger charge is -2.11. The summed E-state index contributed by atoms with van der Waals surface area (Å²) in [5.41, 5.74) is 2.81. The lowest BCUT2D eigenvalue weighted by Crippen LogP contribution is -2.28. The number of rotatable bonds is 3. The molecule has 110 valence electrons. The number of nitrogens with one attached hydrogen (secondary N) is 2. The third-order valence-corrected chi connectivity index (χ3v) is 3.08. The molecule has 0 saturated heterocycles. The molecule has 0 fully saturated rings. The molecule has 0 bridgehead atoms. The van der Waals surface area contributed by atoms with Gasteiger partial charge in [-0.2, -0.15) is 0 Å². The third kappa shape index (κ3) is 4.02. The molecular formula is C16H16F2N2O. The van der Waals surface area contributed by atoms with Crippen molar-refractivity contribution in [1.29, 1.82) is 0 Å². The quantitative estimate of drug-likeness (QED) is 0.884. The van der Waals surface area contributed by atoms with Crippen molar-refractivity contribution in [1.82, 2.24) is 5.32 Å². The molecule has 21 heavy (non-hydrogen) atoms. The van der Waals surface area contributed by atoms with Gasteiger partial charge in [-0.25, -0.2) is 13.6 Å². The zero-order valence-electron chi connectivity index (χ0n) is 11.8. The fourth-order valence-electron chi connectivity index (χ4n) is 1.97. The molecule has 3 nitrogen and oxygen atoms in total. The molecule has 0 saturated carbocycles. The van der Waals surface area contributed by atoms with Crippen LogP contribution in [-0.2, 0) is 6.54 Å². The highest BCUT2D eigenvalue weighted by Crippen LogP contribution is 2.16. The molecule has 2 aromatic rings. The molecule has 0 unspecified atom stereocenters. The van der Waals surface area contributed by atoms with Gasteiger partial charge in [-0.3, -0.25) is 0 Å². The summed E-state index contributed by atoms with van der Waals surface area (Å²) < 4.78 is 26.4. The number of halogens is 2. The highest BCUT2D eigenvalue weighted by molar-refractivity contribution is 5.90. The van der Waals surface area contributed by atoms with E-state index in [1.165, 1.54) is 0 Å². The van der Waals surface area contributed by atoms with Gasteiger partial charge in [0.05, 0.1) is 0 Å². The molecule has 0 aliphatic rings. The lowest BCUT2D eigenvalue weighted by molar-refractivity contribution is 0.251. The van der Waals surface area contributed by atoms with Gasteiger partial charge in [0.25, 0.3) is 0 Å². The van der Waals surface area contributed by atoms with Crippen molar-refractivity contribution >= 4 is 11.7 Å². The summed E-state index contributed by atoms with van der Waals surface area (Å²) in [7, 11) is 0. The number of anilines is 1. The predicted molar refractivity (Wildman–Crippen MR) is 78.1 cm³/mol. The Kier molecular flexibility index (Phi) is 4.52. The molecule has 0 aliphatic carbocycles. The van der Waals surface area contributed by atoms with Gasteiger partial charge < -0.3 is 10.6 Å². The normalized spacial score (nSPS) is 10.3. The maximum absolute atomic E-state index is 13.4. The van der Waals surface area contributed by atoms with Crippen LogP contribution in [0.25, 0.3) is 0 Å². The summed E-state index contributed by atoms with van der Waals surface area (Å²) in [5, 5.41) is 5.18. The Bertz CT molecular complexity index is 671. The maximum atomic E-state index is 13.4. The van der Waals surface area contributed by atoms with Crippen LogP contribution in [0, 0.1) is 25.5 Å². The molecule has 0 heterocycles. The first-order valence-electron chi connectivity index (χ1n) is 6.52. The minimum absolute atomic E-state index is 0.0830. The van der Waals surface area contributed by atoms with Crippen LogP contribution in [0.3, 0.4) is 0 Å². The standard InChI is InChI=1S/C16H16F2N2O/c1-10-3-6-15(11(2)7-10)20-16(21)19-9-12-8-13(17)4-5-14(12)18/h3-8H,9H2,1-2H3,(H2,19,20,21). The van der Waals surface area contributed by atoms with E-state index in [2.05, 4.69) is 10.6 Å². The molecule has 2 aromatic carbocycles.